The number of aryl methyl sites for hydroxylation is 3. The van der Waals surface area contributed by atoms with Crippen molar-refractivity contribution in [1.29, 1.82) is 0 Å². The van der Waals surface area contributed by atoms with Crippen molar-refractivity contribution in [3.63, 3.8) is 0 Å². The molecule has 5 heteroatoms. The quantitative estimate of drug-likeness (QED) is 0.937. The van der Waals surface area contributed by atoms with Gasteiger partial charge in [0.25, 0.3) is 0 Å². The number of hydrogen-bond acceptors (Lipinski definition) is 3. The fourth-order valence-corrected chi connectivity index (χ4v) is 3.33. The zero-order valence-electron chi connectivity index (χ0n) is 14.7. The van der Waals surface area contributed by atoms with E-state index in [1.807, 2.05) is 24.8 Å². The second kappa shape index (κ2) is 7.18. The molecule has 1 N–H and O–H groups in total. The highest BCUT2D eigenvalue weighted by molar-refractivity contribution is 5.76. The highest BCUT2D eigenvalue weighted by Gasteiger charge is 2.28. The maximum Gasteiger partial charge on any atom is 0.244 e. The first-order valence-electron chi connectivity index (χ1n) is 8.68. The Morgan fingerprint density at radius 2 is 2.04 bits per heavy atom. The van der Waals surface area contributed by atoms with Gasteiger partial charge < -0.3 is 10.2 Å². The van der Waals surface area contributed by atoms with Crippen LogP contribution in [0.1, 0.15) is 35.5 Å². The number of amides is 1. The second-order valence-corrected chi connectivity index (χ2v) is 6.49. The molecular formula is C19H26N4O. The van der Waals surface area contributed by atoms with Crippen LogP contribution >= 0.6 is 0 Å². The number of carbonyl (C=O) groups excluding carboxylic acids is 1. The lowest BCUT2D eigenvalue weighted by Gasteiger charge is -2.36. The zero-order chi connectivity index (χ0) is 17.1. The topological polar surface area (TPSA) is 50.2 Å². The van der Waals surface area contributed by atoms with Crippen molar-refractivity contribution in [3.8, 4) is 0 Å². The summed E-state index contributed by atoms with van der Waals surface area (Å²) in [6.07, 6.45) is 1.03. The van der Waals surface area contributed by atoms with Crippen LogP contribution in [0.2, 0.25) is 0 Å². The molecule has 1 aromatic heterocycles. The maximum atomic E-state index is 12.9. The minimum absolute atomic E-state index is 0.0918. The molecule has 0 bridgehead atoms. The number of hydrogen-bond donors (Lipinski definition) is 1. The first kappa shape index (κ1) is 16.7. The normalized spacial score (nSPS) is 18.0. The van der Waals surface area contributed by atoms with Gasteiger partial charge >= 0.3 is 0 Å². The fourth-order valence-electron chi connectivity index (χ4n) is 3.33. The van der Waals surface area contributed by atoms with Crippen molar-refractivity contribution < 1.29 is 4.79 Å². The lowest BCUT2D eigenvalue weighted by atomic mass is 10.0. The highest BCUT2D eigenvalue weighted by atomic mass is 16.2. The third-order valence-corrected chi connectivity index (χ3v) is 4.72. The van der Waals surface area contributed by atoms with Crippen LogP contribution in [0.3, 0.4) is 0 Å². The molecule has 3 rings (SSSR count). The molecule has 128 valence electrons. The summed E-state index contributed by atoms with van der Waals surface area (Å²) >= 11 is 0. The van der Waals surface area contributed by atoms with Crippen LogP contribution in [-0.4, -0.2) is 40.2 Å². The molecular weight excluding hydrogens is 300 g/mol. The summed E-state index contributed by atoms with van der Waals surface area (Å²) < 4.78 is 1.80. The first-order chi connectivity index (χ1) is 11.6. The maximum absolute atomic E-state index is 12.9. The Kier molecular flexibility index (Phi) is 5.00. The van der Waals surface area contributed by atoms with Crippen molar-refractivity contribution in [2.45, 2.75) is 39.8 Å². The van der Waals surface area contributed by atoms with E-state index in [2.05, 4.69) is 41.6 Å². The molecule has 1 atom stereocenters. The molecule has 0 radical (unpaired) electrons. The van der Waals surface area contributed by atoms with E-state index in [1.165, 1.54) is 11.1 Å². The molecule has 0 spiro atoms. The Bertz CT molecular complexity index is 705. The minimum atomic E-state index is 0.0918. The van der Waals surface area contributed by atoms with Crippen LogP contribution in [0, 0.1) is 13.8 Å². The number of benzene rings is 1. The number of piperazine rings is 1. The number of carbonyl (C=O) groups is 1. The Morgan fingerprint density at radius 3 is 2.67 bits per heavy atom. The van der Waals surface area contributed by atoms with Crippen LogP contribution < -0.4 is 5.32 Å². The Balaban J connectivity index is 1.78. The first-order valence-corrected chi connectivity index (χ1v) is 8.68. The molecule has 1 saturated heterocycles. The molecule has 1 unspecified atom stereocenters. The zero-order valence-corrected chi connectivity index (χ0v) is 14.7. The average molecular weight is 326 g/mol. The fraction of sp³-hybridized carbons (Fsp3) is 0.474. The minimum Gasteiger partial charge on any atom is -0.331 e. The molecule has 1 fully saturated rings. The van der Waals surface area contributed by atoms with Crippen molar-refractivity contribution in [1.82, 2.24) is 20.0 Å². The van der Waals surface area contributed by atoms with Crippen molar-refractivity contribution in [3.05, 3.63) is 52.8 Å². The summed E-state index contributed by atoms with van der Waals surface area (Å²) in [5.41, 5.74) is 4.50. The van der Waals surface area contributed by atoms with Gasteiger partial charge in [0.15, 0.2) is 0 Å². The van der Waals surface area contributed by atoms with E-state index < -0.39 is 0 Å². The summed E-state index contributed by atoms with van der Waals surface area (Å²) in [5.74, 6) is 0.132. The average Bonchev–Trinajstić information content (AvgIpc) is 2.92. The number of nitrogens with zero attached hydrogens (tertiary/aromatic N) is 3. The predicted molar refractivity (Wildman–Crippen MR) is 94.8 cm³/mol. The van der Waals surface area contributed by atoms with Crippen LogP contribution in [0.4, 0.5) is 0 Å². The number of nitrogens with one attached hydrogen (secondary N) is 1. The predicted octanol–water partition coefficient (Wildman–Crippen LogP) is 2.24. The van der Waals surface area contributed by atoms with Gasteiger partial charge in [0.2, 0.25) is 5.91 Å². The molecule has 1 aromatic carbocycles. The van der Waals surface area contributed by atoms with Crippen molar-refractivity contribution >= 4 is 5.91 Å². The van der Waals surface area contributed by atoms with E-state index in [1.54, 1.807) is 4.68 Å². The molecule has 24 heavy (non-hydrogen) atoms. The third kappa shape index (κ3) is 3.51. The van der Waals surface area contributed by atoms with E-state index in [0.717, 1.165) is 37.4 Å². The van der Waals surface area contributed by atoms with Gasteiger partial charge in [0.05, 0.1) is 11.7 Å². The second-order valence-electron chi connectivity index (χ2n) is 6.49. The molecule has 5 nitrogen and oxygen atoms in total. The standard InChI is InChI=1S/C19H26N4O/c1-4-16-5-7-17(8-6-16)18-12-20-9-10-22(18)19(24)13-23-15(3)11-14(2)21-23/h5-8,11,18,20H,4,9-10,12-13H2,1-3H3. The van der Waals surface area contributed by atoms with Gasteiger partial charge in [-0.15, -0.1) is 0 Å². The molecule has 2 aromatic rings. The number of rotatable bonds is 4. The summed E-state index contributed by atoms with van der Waals surface area (Å²) in [4.78, 5) is 14.9. The van der Waals surface area contributed by atoms with Gasteiger partial charge in [-0.05, 0) is 37.5 Å². The lowest BCUT2D eigenvalue weighted by Crippen LogP contribution is -2.49. The largest absolute Gasteiger partial charge is 0.331 e. The third-order valence-electron chi connectivity index (χ3n) is 4.72. The summed E-state index contributed by atoms with van der Waals surface area (Å²) in [5, 5.41) is 7.83. The molecule has 0 aliphatic carbocycles. The van der Waals surface area contributed by atoms with E-state index in [-0.39, 0.29) is 11.9 Å². The highest BCUT2D eigenvalue weighted by Crippen LogP contribution is 2.23. The number of aromatic nitrogens is 2. The van der Waals surface area contributed by atoms with Gasteiger partial charge in [0.1, 0.15) is 6.54 Å². The Labute approximate surface area is 143 Å². The van der Waals surface area contributed by atoms with Gasteiger partial charge in [-0.1, -0.05) is 31.2 Å². The van der Waals surface area contributed by atoms with Gasteiger partial charge in [-0.25, -0.2) is 0 Å². The van der Waals surface area contributed by atoms with Gasteiger partial charge in [0, 0.05) is 25.3 Å². The van der Waals surface area contributed by atoms with Crippen LogP contribution in [-0.2, 0) is 17.8 Å². The summed E-state index contributed by atoms with van der Waals surface area (Å²) in [6.45, 7) is 8.78. The van der Waals surface area contributed by atoms with Crippen LogP contribution in [0.25, 0.3) is 0 Å². The Hall–Kier alpha value is -2.14. The van der Waals surface area contributed by atoms with E-state index >= 15 is 0 Å². The SMILES string of the molecule is CCc1ccc(C2CNCCN2C(=O)Cn2nc(C)cc2C)cc1. The van der Waals surface area contributed by atoms with E-state index in [9.17, 15) is 4.79 Å². The molecule has 1 aliphatic rings. The van der Waals surface area contributed by atoms with Crippen LogP contribution in [0.15, 0.2) is 30.3 Å². The Morgan fingerprint density at radius 1 is 1.29 bits per heavy atom. The van der Waals surface area contributed by atoms with Crippen molar-refractivity contribution in [2.24, 2.45) is 0 Å². The van der Waals surface area contributed by atoms with Gasteiger partial charge in [-0.2, -0.15) is 5.10 Å². The van der Waals surface area contributed by atoms with Crippen molar-refractivity contribution in [2.75, 3.05) is 19.6 Å². The molecule has 1 aliphatic heterocycles. The molecule has 0 saturated carbocycles. The summed E-state index contributed by atoms with van der Waals surface area (Å²) in [7, 11) is 0. The van der Waals surface area contributed by atoms with E-state index in [4.69, 9.17) is 0 Å². The van der Waals surface area contributed by atoms with Crippen LogP contribution in [0.5, 0.6) is 0 Å². The van der Waals surface area contributed by atoms with Gasteiger partial charge in [-0.3, -0.25) is 9.48 Å². The summed E-state index contributed by atoms with van der Waals surface area (Å²) in [6, 6.07) is 10.7. The monoisotopic (exact) mass is 326 g/mol. The molecule has 2 heterocycles. The van der Waals surface area contributed by atoms with E-state index in [0.29, 0.717) is 6.54 Å². The molecule has 1 amide bonds. The lowest BCUT2D eigenvalue weighted by molar-refractivity contribution is -0.135. The smallest absolute Gasteiger partial charge is 0.244 e.